The second-order valence-electron chi connectivity index (χ2n) is 4.73. The summed E-state index contributed by atoms with van der Waals surface area (Å²) in [7, 11) is 0. The molecule has 0 spiro atoms. The second kappa shape index (κ2) is 6.51. The Bertz CT molecular complexity index is 551. The van der Waals surface area contributed by atoms with Crippen molar-refractivity contribution in [3.05, 3.63) is 46.9 Å². The van der Waals surface area contributed by atoms with Crippen LogP contribution in [0.2, 0.25) is 5.02 Å². The highest BCUT2D eigenvalue weighted by Gasteiger charge is 2.07. The van der Waals surface area contributed by atoms with Crippen molar-refractivity contribution in [2.24, 2.45) is 0 Å². The van der Waals surface area contributed by atoms with Gasteiger partial charge in [-0.15, -0.1) is 0 Å². The van der Waals surface area contributed by atoms with E-state index in [0.29, 0.717) is 6.04 Å². The van der Waals surface area contributed by atoms with E-state index < -0.39 is 0 Å². The molecular weight excluding hydrogens is 278 g/mol. The molecule has 0 saturated heterocycles. The fourth-order valence-electron chi connectivity index (χ4n) is 1.66. The highest BCUT2D eigenvalue weighted by molar-refractivity contribution is 7.99. The van der Waals surface area contributed by atoms with E-state index in [4.69, 9.17) is 16.0 Å². The number of furan rings is 1. The molecule has 1 aromatic heterocycles. The molecule has 1 heterocycles. The standard InChI is InChI=1S/C15H18ClNOS/c1-10(2)17-9-12-4-5-13(8-14(12)16)19-15-6-7-18-11(15)3/h4-8,10,17H,9H2,1-3H3. The van der Waals surface area contributed by atoms with Gasteiger partial charge in [0.05, 0.1) is 11.2 Å². The molecule has 0 atom stereocenters. The van der Waals surface area contributed by atoms with Gasteiger partial charge in [0.2, 0.25) is 0 Å². The Morgan fingerprint density at radius 2 is 2.11 bits per heavy atom. The van der Waals surface area contributed by atoms with Gasteiger partial charge in [-0.1, -0.05) is 43.3 Å². The Labute approximate surface area is 123 Å². The molecular formula is C15H18ClNOS. The van der Waals surface area contributed by atoms with E-state index in [-0.39, 0.29) is 0 Å². The van der Waals surface area contributed by atoms with Crippen molar-refractivity contribution in [1.82, 2.24) is 5.32 Å². The van der Waals surface area contributed by atoms with Crippen LogP contribution in [0, 0.1) is 6.92 Å². The van der Waals surface area contributed by atoms with Crippen LogP contribution in [-0.4, -0.2) is 6.04 Å². The molecule has 1 N–H and O–H groups in total. The fourth-order valence-corrected chi connectivity index (χ4v) is 2.85. The number of nitrogens with one attached hydrogen (secondary N) is 1. The van der Waals surface area contributed by atoms with Crippen molar-refractivity contribution in [3.63, 3.8) is 0 Å². The predicted molar refractivity (Wildman–Crippen MR) is 81.0 cm³/mol. The van der Waals surface area contributed by atoms with Gasteiger partial charge in [-0.05, 0) is 30.7 Å². The van der Waals surface area contributed by atoms with Crippen LogP contribution in [-0.2, 0) is 6.54 Å². The maximum absolute atomic E-state index is 6.32. The first-order valence-corrected chi connectivity index (χ1v) is 7.49. The van der Waals surface area contributed by atoms with E-state index in [1.165, 1.54) is 0 Å². The molecule has 0 aliphatic carbocycles. The van der Waals surface area contributed by atoms with Crippen molar-refractivity contribution in [3.8, 4) is 0 Å². The molecule has 0 saturated carbocycles. The summed E-state index contributed by atoms with van der Waals surface area (Å²) in [4.78, 5) is 2.26. The first-order chi connectivity index (χ1) is 9.06. The molecule has 0 unspecified atom stereocenters. The molecule has 0 bridgehead atoms. The summed E-state index contributed by atoms with van der Waals surface area (Å²) >= 11 is 7.99. The third-order valence-electron chi connectivity index (χ3n) is 2.76. The predicted octanol–water partition coefficient (Wildman–Crippen LogP) is 4.89. The number of hydrogen-bond acceptors (Lipinski definition) is 3. The van der Waals surface area contributed by atoms with E-state index >= 15 is 0 Å². The largest absolute Gasteiger partial charge is 0.468 e. The summed E-state index contributed by atoms with van der Waals surface area (Å²) in [5, 5.41) is 4.18. The SMILES string of the molecule is Cc1occc1Sc1ccc(CNC(C)C)c(Cl)c1. The molecule has 2 nitrogen and oxygen atoms in total. The third kappa shape index (κ3) is 4.03. The van der Waals surface area contributed by atoms with Gasteiger partial charge in [-0.25, -0.2) is 0 Å². The summed E-state index contributed by atoms with van der Waals surface area (Å²) in [6.45, 7) is 7.01. The van der Waals surface area contributed by atoms with Crippen molar-refractivity contribution in [1.29, 1.82) is 0 Å². The smallest absolute Gasteiger partial charge is 0.114 e. The van der Waals surface area contributed by atoms with Crippen LogP contribution in [0.1, 0.15) is 25.2 Å². The lowest BCUT2D eigenvalue weighted by Crippen LogP contribution is -2.21. The van der Waals surface area contributed by atoms with Crippen LogP contribution < -0.4 is 5.32 Å². The van der Waals surface area contributed by atoms with Gasteiger partial charge >= 0.3 is 0 Å². The van der Waals surface area contributed by atoms with Crippen molar-refractivity contribution < 1.29 is 4.42 Å². The zero-order valence-corrected chi connectivity index (χ0v) is 12.9. The average molecular weight is 296 g/mol. The maximum atomic E-state index is 6.32. The third-order valence-corrected chi connectivity index (χ3v) is 4.25. The zero-order chi connectivity index (χ0) is 13.8. The monoisotopic (exact) mass is 295 g/mol. The topological polar surface area (TPSA) is 25.2 Å². The van der Waals surface area contributed by atoms with E-state index in [0.717, 1.165) is 32.7 Å². The molecule has 1 aromatic carbocycles. The van der Waals surface area contributed by atoms with Crippen LogP contribution in [0.5, 0.6) is 0 Å². The lowest BCUT2D eigenvalue weighted by Gasteiger charge is -2.10. The van der Waals surface area contributed by atoms with Gasteiger partial charge < -0.3 is 9.73 Å². The quantitative estimate of drug-likeness (QED) is 0.850. The summed E-state index contributed by atoms with van der Waals surface area (Å²) in [5.41, 5.74) is 1.13. The molecule has 19 heavy (non-hydrogen) atoms. The van der Waals surface area contributed by atoms with Gasteiger partial charge in [0.1, 0.15) is 5.76 Å². The first kappa shape index (κ1) is 14.5. The maximum Gasteiger partial charge on any atom is 0.114 e. The number of halogens is 1. The van der Waals surface area contributed by atoms with Crippen LogP contribution in [0.25, 0.3) is 0 Å². The second-order valence-corrected chi connectivity index (χ2v) is 6.25. The van der Waals surface area contributed by atoms with Gasteiger partial charge in [0.25, 0.3) is 0 Å². The fraction of sp³-hybridized carbons (Fsp3) is 0.333. The molecule has 0 amide bonds. The Morgan fingerprint density at radius 3 is 2.68 bits per heavy atom. The molecule has 2 aromatic rings. The molecule has 0 fully saturated rings. The van der Waals surface area contributed by atoms with E-state index in [1.54, 1.807) is 18.0 Å². The number of rotatable bonds is 5. The Kier molecular flexibility index (Phi) is 4.97. The van der Waals surface area contributed by atoms with Gasteiger partial charge in [0.15, 0.2) is 0 Å². The highest BCUT2D eigenvalue weighted by Crippen LogP contribution is 2.33. The van der Waals surface area contributed by atoms with Crippen LogP contribution >= 0.6 is 23.4 Å². The van der Waals surface area contributed by atoms with Crippen molar-refractivity contribution in [2.45, 2.75) is 43.1 Å². The van der Waals surface area contributed by atoms with Crippen LogP contribution in [0.3, 0.4) is 0 Å². The molecule has 2 rings (SSSR count). The Balaban J connectivity index is 2.08. The number of hydrogen-bond donors (Lipinski definition) is 1. The van der Waals surface area contributed by atoms with Crippen LogP contribution in [0.15, 0.2) is 44.7 Å². The summed E-state index contributed by atoms with van der Waals surface area (Å²) in [6, 6.07) is 8.62. The van der Waals surface area contributed by atoms with E-state index in [2.05, 4.69) is 31.3 Å². The van der Waals surface area contributed by atoms with Gasteiger partial charge in [-0.3, -0.25) is 0 Å². The highest BCUT2D eigenvalue weighted by atomic mass is 35.5. The van der Waals surface area contributed by atoms with Crippen LogP contribution in [0.4, 0.5) is 0 Å². The molecule has 0 aliphatic heterocycles. The van der Waals surface area contributed by atoms with Crippen molar-refractivity contribution >= 4 is 23.4 Å². The number of aryl methyl sites for hydroxylation is 1. The van der Waals surface area contributed by atoms with Gasteiger partial charge in [-0.2, -0.15) is 0 Å². The zero-order valence-electron chi connectivity index (χ0n) is 11.4. The molecule has 4 heteroatoms. The molecule has 0 radical (unpaired) electrons. The summed E-state index contributed by atoms with van der Waals surface area (Å²) in [5.74, 6) is 0.937. The Morgan fingerprint density at radius 1 is 1.32 bits per heavy atom. The van der Waals surface area contributed by atoms with Gasteiger partial charge in [0, 0.05) is 22.5 Å². The number of benzene rings is 1. The molecule has 0 aliphatic rings. The molecule has 102 valence electrons. The first-order valence-electron chi connectivity index (χ1n) is 6.30. The van der Waals surface area contributed by atoms with Crippen molar-refractivity contribution in [2.75, 3.05) is 0 Å². The lowest BCUT2D eigenvalue weighted by atomic mass is 10.2. The average Bonchev–Trinajstić information content (AvgIpc) is 2.74. The van der Waals surface area contributed by atoms with E-state index in [1.807, 2.05) is 19.1 Å². The summed E-state index contributed by atoms with van der Waals surface area (Å²) < 4.78 is 5.29. The minimum absolute atomic E-state index is 0.457. The lowest BCUT2D eigenvalue weighted by molar-refractivity contribution is 0.527. The van der Waals surface area contributed by atoms with E-state index in [9.17, 15) is 0 Å². The normalized spacial score (nSPS) is 11.2. The minimum atomic E-state index is 0.457. The Hall–Kier alpha value is -0.900. The summed E-state index contributed by atoms with van der Waals surface area (Å²) in [6.07, 6.45) is 1.71. The minimum Gasteiger partial charge on any atom is -0.468 e.